The van der Waals surface area contributed by atoms with Crippen molar-refractivity contribution in [1.29, 1.82) is 0 Å². The van der Waals surface area contributed by atoms with E-state index in [0.717, 1.165) is 24.1 Å². The second-order valence-electron chi connectivity index (χ2n) is 8.21. The van der Waals surface area contributed by atoms with Crippen molar-refractivity contribution in [1.82, 2.24) is 16.1 Å². The summed E-state index contributed by atoms with van der Waals surface area (Å²) in [6.07, 6.45) is 13.6. The number of rotatable bonds is 15. The highest BCUT2D eigenvalue weighted by Gasteiger charge is 2.25. The first-order valence-electron chi connectivity index (χ1n) is 11.4. The Kier molecular flexibility index (Phi) is 13.3. The fourth-order valence-corrected chi connectivity index (χ4v) is 3.57. The Balaban J connectivity index is 3.00. The Morgan fingerprint density at radius 3 is 2.61 bits per heavy atom. The molecule has 0 radical (unpaired) electrons. The van der Waals surface area contributed by atoms with Crippen molar-refractivity contribution in [3.8, 4) is 12.5 Å². The highest BCUT2D eigenvalue weighted by Crippen LogP contribution is 2.19. The van der Waals surface area contributed by atoms with Crippen molar-refractivity contribution in [3.05, 3.63) is 54.6 Å². The van der Waals surface area contributed by atoms with Gasteiger partial charge in [-0.1, -0.05) is 56.7 Å². The minimum Gasteiger partial charge on any atom is -0.351 e. The average molecular weight is 455 g/mol. The molecule has 180 valence electrons. The first-order chi connectivity index (χ1) is 15.9. The SMILES string of the molecule is C#CNc1ccccc1CC(NCCC(=O)NO)C(=O)NC(CCC(C)/C=C\C)C(C)C=C. The number of carbonyl (C=O) groups excluding carboxylic acids is 2. The Bertz CT molecular complexity index is 831. The van der Waals surface area contributed by atoms with Gasteiger partial charge in [0.1, 0.15) is 0 Å². The van der Waals surface area contributed by atoms with Crippen LogP contribution in [0, 0.1) is 24.3 Å². The number of hydroxylamine groups is 1. The summed E-state index contributed by atoms with van der Waals surface area (Å²) in [5.41, 5.74) is 3.24. The van der Waals surface area contributed by atoms with E-state index in [4.69, 9.17) is 11.6 Å². The van der Waals surface area contributed by atoms with Gasteiger partial charge in [-0.2, -0.15) is 0 Å². The van der Waals surface area contributed by atoms with E-state index in [0.29, 0.717) is 12.3 Å². The van der Waals surface area contributed by atoms with Gasteiger partial charge in [0.15, 0.2) is 0 Å². The van der Waals surface area contributed by atoms with Gasteiger partial charge in [-0.15, -0.1) is 6.58 Å². The lowest BCUT2D eigenvalue weighted by Crippen LogP contribution is -2.51. The molecule has 0 aliphatic heterocycles. The largest absolute Gasteiger partial charge is 0.351 e. The van der Waals surface area contributed by atoms with Crippen LogP contribution in [0.5, 0.6) is 0 Å². The van der Waals surface area contributed by atoms with E-state index in [1.165, 1.54) is 0 Å². The fourth-order valence-electron chi connectivity index (χ4n) is 3.57. The quantitative estimate of drug-likeness (QED) is 0.0919. The predicted octanol–water partition coefficient (Wildman–Crippen LogP) is 3.38. The molecule has 1 aromatic rings. The molecule has 1 aromatic carbocycles. The molecule has 0 saturated heterocycles. The van der Waals surface area contributed by atoms with Crippen molar-refractivity contribution in [2.75, 3.05) is 11.9 Å². The fraction of sp³-hybridized carbons (Fsp3) is 0.462. The van der Waals surface area contributed by atoms with Crippen LogP contribution >= 0.6 is 0 Å². The van der Waals surface area contributed by atoms with E-state index in [9.17, 15) is 9.59 Å². The number of benzene rings is 1. The van der Waals surface area contributed by atoms with Gasteiger partial charge in [-0.05, 0) is 49.7 Å². The molecule has 0 saturated carbocycles. The van der Waals surface area contributed by atoms with Gasteiger partial charge >= 0.3 is 0 Å². The molecule has 5 N–H and O–H groups in total. The zero-order valence-corrected chi connectivity index (χ0v) is 19.9. The summed E-state index contributed by atoms with van der Waals surface area (Å²) >= 11 is 0. The van der Waals surface area contributed by atoms with Gasteiger partial charge in [0.05, 0.1) is 6.04 Å². The third-order valence-corrected chi connectivity index (χ3v) is 5.62. The normalized spacial score (nSPS) is 14.5. The molecule has 1 rings (SSSR count). The standard InChI is InChI=1S/C26H38N4O3/c1-6-11-19(4)14-15-22(20(5)7-2)29-26(32)24(28-17-16-25(31)30-33)18-21-12-9-10-13-23(21)27-8-3/h3,6-7,9-13,19-20,22,24,27-28,33H,2,14-18H2,1,4-5H3,(H,29,32)(H,30,31)/b11-6-. The van der Waals surface area contributed by atoms with Crippen LogP contribution in [0.3, 0.4) is 0 Å². The number of anilines is 1. The van der Waals surface area contributed by atoms with Crippen molar-refractivity contribution in [2.24, 2.45) is 11.8 Å². The van der Waals surface area contributed by atoms with E-state index >= 15 is 0 Å². The Morgan fingerprint density at radius 1 is 1.24 bits per heavy atom. The number of amides is 2. The molecule has 0 bridgehead atoms. The maximum atomic E-state index is 13.3. The molecule has 7 nitrogen and oxygen atoms in total. The zero-order valence-electron chi connectivity index (χ0n) is 19.9. The molecule has 4 atom stereocenters. The lowest BCUT2D eigenvalue weighted by Gasteiger charge is -2.27. The summed E-state index contributed by atoms with van der Waals surface area (Å²) in [5, 5.41) is 17.9. The Labute approximate surface area is 198 Å². The van der Waals surface area contributed by atoms with Crippen LogP contribution in [-0.2, 0) is 16.0 Å². The van der Waals surface area contributed by atoms with Gasteiger partial charge in [-0.3, -0.25) is 14.8 Å². The molecule has 0 heterocycles. The minimum absolute atomic E-state index is 0.0396. The maximum Gasteiger partial charge on any atom is 0.244 e. The van der Waals surface area contributed by atoms with Crippen molar-refractivity contribution in [3.63, 3.8) is 0 Å². The van der Waals surface area contributed by atoms with Gasteiger partial charge in [-0.25, -0.2) is 5.48 Å². The second kappa shape index (κ2) is 15.7. The van der Waals surface area contributed by atoms with Crippen LogP contribution in [0.15, 0.2) is 49.1 Å². The Morgan fingerprint density at radius 2 is 1.97 bits per heavy atom. The summed E-state index contributed by atoms with van der Waals surface area (Å²) < 4.78 is 0. The molecule has 0 aliphatic rings. The van der Waals surface area contributed by atoms with Gasteiger partial charge < -0.3 is 16.0 Å². The number of hydrogen-bond acceptors (Lipinski definition) is 5. The lowest BCUT2D eigenvalue weighted by molar-refractivity contribution is -0.129. The summed E-state index contributed by atoms with van der Waals surface area (Å²) in [6.45, 7) is 10.3. The molecular weight excluding hydrogens is 416 g/mol. The van der Waals surface area contributed by atoms with Crippen LogP contribution < -0.4 is 21.4 Å². The zero-order chi connectivity index (χ0) is 24.6. The van der Waals surface area contributed by atoms with Crippen molar-refractivity contribution >= 4 is 17.5 Å². The van der Waals surface area contributed by atoms with Crippen LogP contribution in [0.1, 0.15) is 45.6 Å². The molecule has 4 unspecified atom stereocenters. The predicted molar refractivity (Wildman–Crippen MR) is 133 cm³/mol. The number of terminal acetylenes is 1. The van der Waals surface area contributed by atoms with Crippen LogP contribution in [0.25, 0.3) is 0 Å². The molecule has 0 aliphatic carbocycles. The molecular formula is C26H38N4O3. The summed E-state index contributed by atoms with van der Waals surface area (Å²) in [6, 6.07) is 9.28. The van der Waals surface area contributed by atoms with Crippen LogP contribution in [0.2, 0.25) is 0 Å². The number of nitrogens with one attached hydrogen (secondary N) is 4. The minimum atomic E-state index is -0.593. The van der Waals surface area contributed by atoms with Gasteiger partial charge in [0, 0.05) is 30.7 Å². The smallest absolute Gasteiger partial charge is 0.244 e. The van der Waals surface area contributed by atoms with Gasteiger partial charge in [0.25, 0.3) is 0 Å². The third-order valence-electron chi connectivity index (χ3n) is 5.62. The average Bonchev–Trinajstić information content (AvgIpc) is 2.81. The van der Waals surface area contributed by atoms with E-state index in [-0.39, 0.29) is 30.8 Å². The highest BCUT2D eigenvalue weighted by atomic mass is 16.5. The first kappa shape index (κ1) is 28.0. The molecule has 33 heavy (non-hydrogen) atoms. The molecule has 0 spiro atoms. The number of carbonyl (C=O) groups is 2. The molecule has 0 aromatic heterocycles. The van der Waals surface area contributed by atoms with Gasteiger partial charge in [0.2, 0.25) is 11.8 Å². The second-order valence-corrected chi connectivity index (χ2v) is 8.21. The topological polar surface area (TPSA) is 102 Å². The Hall–Kier alpha value is -3.08. The number of para-hydroxylation sites is 1. The monoisotopic (exact) mass is 454 g/mol. The van der Waals surface area contributed by atoms with E-state index in [1.807, 2.05) is 50.3 Å². The molecule has 7 heteroatoms. The summed E-state index contributed by atoms with van der Waals surface area (Å²) in [5.74, 6) is -0.165. The number of allylic oxidation sites excluding steroid dienone is 2. The van der Waals surface area contributed by atoms with E-state index in [2.05, 4.69) is 41.6 Å². The van der Waals surface area contributed by atoms with Crippen LogP contribution in [0.4, 0.5) is 5.69 Å². The molecule has 0 fully saturated rings. The number of hydrogen-bond donors (Lipinski definition) is 5. The van der Waals surface area contributed by atoms with E-state index in [1.54, 1.807) is 5.48 Å². The van der Waals surface area contributed by atoms with Crippen molar-refractivity contribution in [2.45, 2.75) is 58.5 Å². The maximum absolute atomic E-state index is 13.3. The third kappa shape index (κ3) is 10.4. The summed E-state index contributed by atoms with van der Waals surface area (Å²) in [7, 11) is 0. The van der Waals surface area contributed by atoms with Crippen molar-refractivity contribution < 1.29 is 14.8 Å². The first-order valence-corrected chi connectivity index (χ1v) is 11.4. The van der Waals surface area contributed by atoms with Crippen LogP contribution in [-0.4, -0.2) is 35.7 Å². The summed E-state index contributed by atoms with van der Waals surface area (Å²) in [4.78, 5) is 24.7. The van der Waals surface area contributed by atoms with E-state index < -0.39 is 11.9 Å². The molecule has 2 amide bonds. The lowest BCUT2D eigenvalue weighted by atomic mass is 9.92. The highest BCUT2D eigenvalue weighted by molar-refractivity contribution is 5.83.